The number of rotatable bonds is 4. The van der Waals surface area contributed by atoms with Crippen LogP contribution < -0.4 is 11.1 Å². The Kier molecular flexibility index (Phi) is 4.41. The normalized spacial score (nSPS) is 18.5. The SMILES string of the molecule is CC(C)(NC(=O)C1(C(N)=S)CCOCC1)c1nccs1. The molecule has 110 valence electrons. The summed E-state index contributed by atoms with van der Waals surface area (Å²) in [6.07, 6.45) is 2.79. The Bertz CT molecular complexity index is 494. The van der Waals surface area contributed by atoms with E-state index >= 15 is 0 Å². The van der Waals surface area contributed by atoms with Gasteiger partial charge >= 0.3 is 0 Å². The Morgan fingerprint density at radius 1 is 1.55 bits per heavy atom. The van der Waals surface area contributed by atoms with Gasteiger partial charge in [-0.2, -0.15) is 0 Å². The first-order valence-electron chi connectivity index (χ1n) is 6.49. The maximum absolute atomic E-state index is 12.7. The van der Waals surface area contributed by atoms with Gasteiger partial charge in [-0.15, -0.1) is 11.3 Å². The van der Waals surface area contributed by atoms with Crippen LogP contribution >= 0.6 is 23.6 Å². The molecule has 1 aliphatic rings. The summed E-state index contributed by atoms with van der Waals surface area (Å²) in [5.41, 5.74) is 4.50. The number of thiocarbonyl (C=S) groups is 1. The number of hydrogen-bond acceptors (Lipinski definition) is 5. The highest BCUT2D eigenvalue weighted by atomic mass is 32.1. The van der Waals surface area contributed by atoms with Gasteiger partial charge in [-0.3, -0.25) is 4.79 Å². The number of nitrogens with two attached hydrogens (primary N) is 1. The van der Waals surface area contributed by atoms with Crippen LogP contribution in [0.2, 0.25) is 0 Å². The van der Waals surface area contributed by atoms with E-state index in [1.807, 2.05) is 19.2 Å². The quantitative estimate of drug-likeness (QED) is 0.825. The van der Waals surface area contributed by atoms with Gasteiger partial charge < -0.3 is 15.8 Å². The van der Waals surface area contributed by atoms with Gasteiger partial charge in [-0.1, -0.05) is 12.2 Å². The van der Waals surface area contributed by atoms with Gasteiger partial charge in [0, 0.05) is 24.8 Å². The smallest absolute Gasteiger partial charge is 0.233 e. The van der Waals surface area contributed by atoms with Gasteiger partial charge in [0.2, 0.25) is 5.91 Å². The first-order chi connectivity index (χ1) is 9.38. The summed E-state index contributed by atoms with van der Waals surface area (Å²) in [6, 6.07) is 0. The zero-order chi connectivity index (χ0) is 14.8. The molecule has 1 aromatic heterocycles. The van der Waals surface area contributed by atoms with Gasteiger partial charge in [-0.05, 0) is 26.7 Å². The van der Waals surface area contributed by atoms with Crippen molar-refractivity contribution in [1.29, 1.82) is 0 Å². The summed E-state index contributed by atoms with van der Waals surface area (Å²) in [5.74, 6) is -0.131. The van der Waals surface area contributed by atoms with Gasteiger partial charge in [0.15, 0.2) is 0 Å². The molecule has 0 unspecified atom stereocenters. The van der Waals surface area contributed by atoms with Crippen molar-refractivity contribution in [2.45, 2.75) is 32.2 Å². The van der Waals surface area contributed by atoms with Crippen LogP contribution in [-0.4, -0.2) is 29.1 Å². The summed E-state index contributed by atoms with van der Waals surface area (Å²) in [6.45, 7) is 4.86. The third kappa shape index (κ3) is 2.84. The van der Waals surface area contributed by atoms with Crippen LogP contribution in [0.15, 0.2) is 11.6 Å². The molecule has 7 heteroatoms. The number of amides is 1. The molecule has 1 saturated heterocycles. The fourth-order valence-corrected chi connectivity index (χ4v) is 3.31. The summed E-state index contributed by atoms with van der Waals surface area (Å²) in [7, 11) is 0. The lowest BCUT2D eigenvalue weighted by molar-refractivity contribution is -0.133. The van der Waals surface area contributed by atoms with Crippen LogP contribution in [0.3, 0.4) is 0 Å². The molecule has 1 fully saturated rings. The standard InChI is InChI=1S/C13H19N3O2S2/c1-12(2,11-15-5-8-20-11)16-10(17)13(9(14)19)3-6-18-7-4-13/h5,8H,3-4,6-7H2,1-2H3,(H2,14,19)(H,16,17). The molecule has 1 amide bonds. The number of nitrogens with one attached hydrogen (secondary N) is 1. The van der Waals surface area contributed by atoms with Crippen LogP contribution in [0.1, 0.15) is 31.7 Å². The average Bonchev–Trinajstić information content (AvgIpc) is 2.93. The molecule has 0 aliphatic carbocycles. The molecular weight excluding hydrogens is 294 g/mol. The van der Waals surface area contributed by atoms with Crippen LogP contribution in [0.25, 0.3) is 0 Å². The second kappa shape index (κ2) is 5.75. The summed E-state index contributed by atoms with van der Waals surface area (Å²) in [5, 5.41) is 5.78. The molecule has 1 aliphatic heterocycles. The molecule has 2 heterocycles. The second-order valence-corrected chi connectivity index (χ2v) is 6.81. The van der Waals surface area contributed by atoms with E-state index in [1.165, 1.54) is 11.3 Å². The molecule has 0 aromatic carbocycles. The Morgan fingerprint density at radius 3 is 2.70 bits per heavy atom. The fourth-order valence-electron chi connectivity index (χ4n) is 2.29. The van der Waals surface area contributed by atoms with Crippen LogP contribution in [0.5, 0.6) is 0 Å². The number of hydrogen-bond donors (Lipinski definition) is 2. The molecule has 0 saturated carbocycles. The first kappa shape index (κ1) is 15.3. The zero-order valence-electron chi connectivity index (χ0n) is 11.6. The van der Waals surface area contributed by atoms with E-state index in [9.17, 15) is 4.79 Å². The van der Waals surface area contributed by atoms with E-state index in [-0.39, 0.29) is 10.9 Å². The molecule has 2 rings (SSSR count). The number of carbonyl (C=O) groups is 1. The molecule has 20 heavy (non-hydrogen) atoms. The molecular formula is C13H19N3O2S2. The molecule has 1 aromatic rings. The third-order valence-corrected chi connectivity index (χ3v) is 5.13. The van der Waals surface area contributed by atoms with E-state index in [4.69, 9.17) is 22.7 Å². The van der Waals surface area contributed by atoms with Crippen molar-refractivity contribution in [3.05, 3.63) is 16.6 Å². The van der Waals surface area contributed by atoms with E-state index in [0.717, 1.165) is 5.01 Å². The van der Waals surface area contributed by atoms with E-state index < -0.39 is 11.0 Å². The van der Waals surface area contributed by atoms with Gasteiger partial charge in [0.1, 0.15) is 10.4 Å². The van der Waals surface area contributed by atoms with Crippen molar-refractivity contribution in [2.24, 2.45) is 11.1 Å². The summed E-state index contributed by atoms with van der Waals surface area (Å²) >= 11 is 6.65. The summed E-state index contributed by atoms with van der Waals surface area (Å²) < 4.78 is 5.32. The second-order valence-electron chi connectivity index (χ2n) is 5.48. The molecule has 5 nitrogen and oxygen atoms in total. The maximum atomic E-state index is 12.7. The number of ether oxygens (including phenoxy) is 1. The number of thiazole rings is 1. The Labute approximate surface area is 127 Å². The largest absolute Gasteiger partial charge is 0.392 e. The number of carbonyl (C=O) groups excluding carboxylic acids is 1. The number of aromatic nitrogens is 1. The average molecular weight is 313 g/mol. The lowest BCUT2D eigenvalue weighted by Gasteiger charge is -2.37. The summed E-state index contributed by atoms with van der Waals surface area (Å²) in [4.78, 5) is 17.2. The Balaban J connectivity index is 2.19. The predicted octanol–water partition coefficient (Wildman–Crippen LogP) is 1.58. The van der Waals surface area contributed by atoms with Gasteiger partial charge in [-0.25, -0.2) is 4.98 Å². The van der Waals surface area contributed by atoms with Crippen LogP contribution in [0.4, 0.5) is 0 Å². The monoisotopic (exact) mass is 313 g/mol. The van der Waals surface area contributed by atoms with Crippen LogP contribution in [0, 0.1) is 5.41 Å². The molecule has 0 bridgehead atoms. The third-order valence-electron chi connectivity index (χ3n) is 3.65. The van der Waals surface area contributed by atoms with Crippen molar-refractivity contribution in [2.75, 3.05) is 13.2 Å². The molecule has 0 atom stereocenters. The van der Waals surface area contributed by atoms with Crippen molar-refractivity contribution in [3.63, 3.8) is 0 Å². The Morgan fingerprint density at radius 2 is 2.20 bits per heavy atom. The van der Waals surface area contributed by atoms with Gasteiger partial charge in [0.25, 0.3) is 0 Å². The van der Waals surface area contributed by atoms with E-state index in [1.54, 1.807) is 6.20 Å². The maximum Gasteiger partial charge on any atom is 0.233 e. The lowest BCUT2D eigenvalue weighted by Crippen LogP contribution is -2.55. The highest BCUT2D eigenvalue weighted by molar-refractivity contribution is 7.80. The molecule has 0 radical (unpaired) electrons. The van der Waals surface area contributed by atoms with Crippen molar-refractivity contribution < 1.29 is 9.53 Å². The Hall–Kier alpha value is -1.05. The lowest BCUT2D eigenvalue weighted by atomic mass is 9.78. The molecule has 0 spiro atoms. The van der Waals surface area contributed by atoms with E-state index in [2.05, 4.69) is 10.3 Å². The number of nitrogens with zero attached hydrogens (tertiary/aromatic N) is 1. The van der Waals surface area contributed by atoms with Crippen molar-refractivity contribution in [3.8, 4) is 0 Å². The topological polar surface area (TPSA) is 77.2 Å². The highest BCUT2D eigenvalue weighted by Crippen LogP contribution is 2.33. The predicted molar refractivity (Wildman–Crippen MR) is 82.6 cm³/mol. The first-order valence-corrected chi connectivity index (χ1v) is 7.77. The minimum Gasteiger partial charge on any atom is -0.392 e. The molecule has 3 N–H and O–H groups in total. The fraction of sp³-hybridized carbons (Fsp3) is 0.615. The van der Waals surface area contributed by atoms with Crippen molar-refractivity contribution >= 4 is 34.5 Å². The van der Waals surface area contributed by atoms with Crippen LogP contribution in [-0.2, 0) is 15.1 Å². The van der Waals surface area contributed by atoms with E-state index in [0.29, 0.717) is 26.1 Å². The van der Waals surface area contributed by atoms with Gasteiger partial charge in [0.05, 0.1) is 10.5 Å². The zero-order valence-corrected chi connectivity index (χ0v) is 13.3. The highest BCUT2D eigenvalue weighted by Gasteiger charge is 2.45. The van der Waals surface area contributed by atoms with Crippen molar-refractivity contribution in [1.82, 2.24) is 10.3 Å². The minimum absolute atomic E-state index is 0.131. The minimum atomic E-state index is -0.803.